The number of rotatable bonds is 8. The molecule has 7 rings (SSSR count). The van der Waals surface area contributed by atoms with E-state index in [1.165, 1.54) is 24.4 Å². The number of aryl methyl sites for hydroxylation is 1. The van der Waals surface area contributed by atoms with Crippen LogP contribution >= 0.6 is 0 Å². The lowest BCUT2D eigenvalue weighted by Crippen LogP contribution is -2.24. The topological polar surface area (TPSA) is 121 Å². The molecule has 0 amide bonds. The Morgan fingerprint density at radius 3 is 2.61 bits per heavy atom. The molecule has 14 heteroatoms. The molecule has 0 unspecified atom stereocenters. The molecular weight excluding hydrogens is 622 g/mol. The first kappa shape index (κ1) is 30.0. The van der Waals surface area contributed by atoms with Gasteiger partial charge in [-0.25, -0.2) is 35.9 Å². The molecule has 0 radical (unpaired) electrons. The first-order valence-corrected chi connectivity index (χ1v) is 16.5. The number of halogens is 4. The number of nitrogens with one attached hydrogen (secondary N) is 2. The maximum Gasteiger partial charge on any atom is 0.261 e. The molecule has 4 aromatic heterocycles. The first-order chi connectivity index (χ1) is 21.9. The van der Waals surface area contributed by atoms with Gasteiger partial charge in [0.15, 0.2) is 11.5 Å². The number of H-pyrrole nitrogens is 2. The van der Waals surface area contributed by atoms with E-state index in [1.807, 2.05) is 0 Å². The van der Waals surface area contributed by atoms with Crippen LogP contribution in [-0.2, 0) is 22.8 Å². The molecule has 1 fully saturated rings. The highest BCUT2D eigenvalue weighted by Crippen LogP contribution is 2.35. The Kier molecular flexibility index (Phi) is 7.35. The summed E-state index contributed by atoms with van der Waals surface area (Å²) in [7, 11) is -3.23. The smallest absolute Gasteiger partial charge is 0.261 e. The van der Waals surface area contributed by atoms with Crippen molar-refractivity contribution in [3.05, 3.63) is 83.8 Å². The Morgan fingerprint density at radius 2 is 1.83 bits per heavy atom. The monoisotopic (exact) mass is 649 g/mol. The zero-order chi connectivity index (χ0) is 32.2. The van der Waals surface area contributed by atoms with Crippen LogP contribution in [0.2, 0.25) is 0 Å². The highest BCUT2D eigenvalue weighted by Gasteiger charge is 2.38. The standard InChI is InChI=1S/C32H27F4N7O2S/c1-46(44,45)7-3-18-8-20(11-22(33)10-18)23-2-5-38-30-28(23)39-31(40-30)29-25-12-24(26(34)13-27(25)41-42-29)21-9-19(14-37-15-21)16-43-6-4-32(35,36)17-43/h2,5,8-15H,3-4,6-7,16-17H2,1H3,(H,41,42)(H,38,39,40). The molecule has 9 nitrogen and oxygen atoms in total. The van der Waals surface area contributed by atoms with Gasteiger partial charge >= 0.3 is 0 Å². The number of fused-ring (bicyclic) bond motifs is 2. The SMILES string of the molecule is CS(=O)(=O)CCc1cc(F)cc(-c2ccnc3nc(-c4n[nH]c5cc(F)c(-c6cncc(CN7CCC(F)(F)C7)c6)cc45)[nH]c23)c1. The van der Waals surface area contributed by atoms with Crippen LogP contribution in [0, 0.1) is 11.6 Å². The number of imidazole rings is 1. The van der Waals surface area contributed by atoms with Crippen LogP contribution in [0.15, 0.2) is 61.1 Å². The summed E-state index contributed by atoms with van der Waals surface area (Å²) in [6, 6.07) is 10.8. The van der Waals surface area contributed by atoms with Gasteiger partial charge in [-0.2, -0.15) is 5.10 Å². The number of alkyl halides is 2. The molecule has 5 heterocycles. The number of benzene rings is 2. The van der Waals surface area contributed by atoms with Gasteiger partial charge in [-0.1, -0.05) is 6.07 Å². The molecule has 236 valence electrons. The highest BCUT2D eigenvalue weighted by atomic mass is 32.2. The third kappa shape index (κ3) is 6.09. The molecule has 0 atom stereocenters. The van der Waals surface area contributed by atoms with Crippen LogP contribution in [0.25, 0.3) is 55.8 Å². The minimum atomic E-state index is -3.23. The van der Waals surface area contributed by atoms with E-state index >= 15 is 4.39 Å². The number of pyridine rings is 2. The van der Waals surface area contributed by atoms with Crippen molar-refractivity contribution >= 4 is 31.9 Å². The van der Waals surface area contributed by atoms with Gasteiger partial charge in [0.1, 0.15) is 27.2 Å². The maximum absolute atomic E-state index is 15.4. The van der Waals surface area contributed by atoms with Gasteiger partial charge < -0.3 is 4.98 Å². The lowest BCUT2D eigenvalue weighted by atomic mass is 10.0. The molecule has 2 N–H and O–H groups in total. The minimum Gasteiger partial charge on any atom is -0.335 e. The molecule has 46 heavy (non-hydrogen) atoms. The average molecular weight is 650 g/mol. The van der Waals surface area contributed by atoms with Crippen molar-refractivity contribution in [1.82, 2.24) is 35.0 Å². The molecule has 0 aliphatic carbocycles. The molecular formula is C32H27F4N7O2S. The average Bonchev–Trinajstić information content (AvgIpc) is 3.70. The van der Waals surface area contributed by atoms with Crippen LogP contribution < -0.4 is 0 Å². The van der Waals surface area contributed by atoms with Crippen LogP contribution in [-0.4, -0.2) is 74.5 Å². The van der Waals surface area contributed by atoms with Crippen LogP contribution in [0.5, 0.6) is 0 Å². The van der Waals surface area contributed by atoms with Crippen LogP contribution in [0.3, 0.4) is 0 Å². The quantitative estimate of drug-likeness (QED) is 0.196. The minimum absolute atomic E-state index is 0.109. The first-order valence-electron chi connectivity index (χ1n) is 14.5. The lowest BCUT2D eigenvalue weighted by molar-refractivity contribution is 0.0115. The zero-order valence-corrected chi connectivity index (χ0v) is 25.3. The molecule has 1 aliphatic rings. The maximum atomic E-state index is 15.4. The molecule has 1 aliphatic heterocycles. The molecule has 0 saturated carbocycles. The predicted molar refractivity (Wildman–Crippen MR) is 166 cm³/mol. The predicted octanol–water partition coefficient (Wildman–Crippen LogP) is 5.94. The Morgan fingerprint density at radius 1 is 1.00 bits per heavy atom. The summed E-state index contributed by atoms with van der Waals surface area (Å²) in [6.45, 7) is 0.219. The summed E-state index contributed by atoms with van der Waals surface area (Å²) in [4.78, 5) is 18.1. The Balaban J connectivity index is 1.24. The van der Waals surface area contributed by atoms with E-state index in [2.05, 4.69) is 30.1 Å². The molecule has 1 saturated heterocycles. The van der Waals surface area contributed by atoms with Crippen LogP contribution in [0.1, 0.15) is 17.5 Å². The second-order valence-corrected chi connectivity index (χ2v) is 14.0. The normalized spacial score (nSPS) is 15.3. The van der Waals surface area contributed by atoms with E-state index in [0.717, 1.165) is 6.26 Å². The number of nitrogens with zero attached hydrogens (tertiary/aromatic N) is 5. The Bertz CT molecular complexity index is 2230. The Labute approximate surface area is 260 Å². The number of sulfone groups is 1. The fourth-order valence-electron chi connectivity index (χ4n) is 5.88. The van der Waals surface area contributed by atoms with Gasteiger partial charge in [0, 0.05) is 72.5 Å². The van der Waals surface area contributed by atoms with Crippen molar-refractivity contribution in [2.75, 3.05) is 25.1 Å². The number of likely N-dealkylation sites (tertiary alicyclic amines) is 1. The summed E-state index contributed by atoms with van der Waals surface area (Å²) in [5.74, 6) is -3.50. The van der Waals surface area contributed by atoms with Gasteiger partial charge in [0.25, 0.3) is 5.92 Å². The van der Waals surface area contributed by atoms with E-state index in [-0.39, 0.29) is 43.8 Å². The third-order valence-corrected chi connectivity index (χ3v) is 9.00. The van der Waals surface area contributed by atoms with E-state index in [1.54, 1.807) is 41.6 Å². The van der Waals surface area contributed by atoms with E-state index in [4.69, 9.17) is 0 Å². The van der Waals surface area contributed by atoms with Gasteiger partial charge in [0.2, 0.25) is 0 Å². The second-order valence-electron chi connectivity index (χ2n) is 11.7. The van der Waals surface area contributed by atoms with Crippen molar-refractivity contribution < 1.29 is 26.0 Å². The van der Waals surface area contributed by atoms with Gasteiger partial charge in [-0.3, -0.25) is 15.0 Å². The van der Waals surface area contributed by atoms with Gasteiger partial charge in [-0.15, -0.1) is 0 Å². The summed E-state index contributed by atoms with van der Waals surface area (Å²) in [5, 5.41) is 7.80. The van der Waals surface area contributed by atoms with E-state index in [9.17, 15) is 21.6 Å². The van der Waals surface area contributed by atoms with Crippen molar-refractivity contribution in [3.63, 3.8) is 0 Å². The van der Waals surface area contributed by atoms with Gasteiger partial charge in [-0.05, 0) is 53.4 Å². The number of hydrogen-bond acceptors (Lipinski definition) is 7. The molecule has 0 bridgehead atoms. The Hall–Kier alpha value is -4.69. The van der Waals surface area contributed by atoms with Crippen molar-refractivity contribution in [3.8, 4) is 33.8 Å². The van der Waals surface area contributed by atoms with Crippen LogP contribution in [0.4, 0.5) is 17.6 Å². The molecule has 2 aromatic carbocycles. The van der Waals surface area contributed by atoms with Crippen molar-refractivity contribution in [2.24, 2.45) is 0 Å². The summed E-state index contributed by atoms with van der Waals surface area (Å²) in [5.41, 5.74) is 4.78. The fourth-order valence-corrected chi connectivity index (χ4v) is 6.48. The van der Waals surface area contributed by atoms with Crippen molar-refractivity contribution in [1.29, 1.82) is 0 Å². The summed E-state index contributed by atoms with van der Waals surface area (Å²) in [6.07, 6.45) is 5.76. The van der Waals surface area contributed by atoms with E-state index in [0.29, 0.717) is 61.4 Å². The number of aromatic amines is 2. The second kappa shape index (κ2) is 11.3. The fraction of sp³-hybridized carbons (Fsp3) is 0.250. The lowest BCUT2D eigenvalue weighted by Gasteiger charge is -2.16. The largest absolute Gasteiger partial charge is 0.335 e. The van der Waals surface area contributed by atoms with Gasteiger partial charge in [0.05, 0.1) is 23.3 Å². The number of hydrogen-bond donors (Lipinski definition) is 2. The molecule has 0 spiro atoms. The molecule has 6 aromatic rings. The van der Waals surface area contributed by atoms with Crippen molar-refractivity contribution in [2.45, 2.75) is 25.3 Å². The summed E-state index contributed by atoms with van der Waals surface area (Å²) < 4.78 is 80.7. The highest BCUT2D eigenvalue weighted by molar-refractivity contribution is 7.90. The van der Waals surface area contributed by atoms with E-state index < -0.39 is 27.4 Å². The summed E-state index contributed by atoms with van der Waals surface area (Å²) >= 11 is 0. The number of aromatic nitrogens is 6. The third-order valence-electron chi connectivity index (χ3n) is 8.06. The zero-order valence-electron chi connectivity index (χ0n) is 24.5.